The van der Waals surface area contributed by atoms with E-state index in [1.54, 1.807) is 0 Å². The largest absolute Gasteiger partial charge is 0.330 e. The minimum absolute atomic E-state index is 0.601. The van der Waals surface area contributed by atoms with Crippen molar-refractivity contribution in [2.75, 3.05) is 6.54 Å². The molecule has 0 radical (unpaired) electrons. The number of hydrogen-bond acceptors (Lipinski definition) is 2. The molecule has 3 nitrogen and oxygen atoms in total. The summed E-state index contributed by atoms with van der Waals surface area (Å²) in [6.45, 7) is 2.72. The van der Waals surface area contributed by atoms with Gasteiger partial charge in [-0.15, -0.1) is 0 Å². The molecule has 114 valence electrons. The fourth-order valence-corrected chi connectivity index (χ4v) is 3.24. The highest BCUT2D eigenvalue weighted by atomic mass is 15.0. The SMILES string of the molecule is Cc1cccc2nc(CCN)c(-c3ccc4ccccc4c3)n12. The first-order valence-electron chi connectivity index (χ1n) is 7.94. The number of pyridine rings is 1. The molecule has 2 aromatic heterocycles. The zero-order chi connectivity index (χ0) is 15.8. The predicted octanol–water partition coefficient (Wildman–Crippen LogP) is 3.96. The van der Waals surface area contributed by atoms with E-state index in [-0.39, 0.29) is 0 Å². The first-order chi connectivity index (χ1) is 11.3. The topological polar surface area (TPSA) is 43.3 Å². The molecule has 0 saturated carbocycles. The number of fused-ring (bicyclic) bond motifs is 2. The van der Waals surface area contributed by atoms with Gasteiger partial charge in [0.15, 0.2) is 0 Å². The molecule has 0 fully saturated rings. The van der Waals surface area contributed by atoms with E-state index in [9.17, 15) is 0 Å². The average molecular weight is 301 g/mol. The lowest BCUT2D eigenvalue weighted by atomic mass is 10.0. The van der Waals surface area contributed by atoms with Gasteiger partial charge in [0.25, 0.3) is 0 Å². The van der Waals surface area contributed by atoms with Gasteiger partial charge in [-0.25, -0.2) is 4.98 Å². The van der Waals surface area contributed by atoms with Gasteiger partial charge >= 0.3 is 0 Å². The third kappa shape index (κ3) is 2.30. The van der Waals surface area contributed by atoms with Crippen LogP contribution in [0.2, 0.25) is 0 Å². The number of benzene rings is 2. The van der Waals surface area contributed by atoms with E-state index in [1.165, 1.54) is 22.0 Å². The van der Waals surface area contributed by atoms with Crippen LogP contribution >= 0.6 is 0 Å². The number of imidazole rings is 1. The van der Waals surface area contributed by atoms with Crippen molar-refractivity contribution in [3.05, 3.63) is 72.1 Å². The predicted molar refractivity (Wildman–Crippen MR) is 95.6 cm³/mol. The van der Waals surface area contributed by atoms with Crippen molar-refractivity contribution in [3.8, 4) is 11.3 Å². The fraction of sp³-hybridized carbons (Fsp3) is 0.150. The number of aromatic nitrogens is 2. The molecule has 0 bridgehead atoms. The molecule has 4 aromatic rings. The number of rotatable bonds is 3. The van der Waals surface area contributed by atoms with Crippen molar-refractivity contribution in [1.29, 1.82) is 0 Å². The van der Waals surface area contributed by atoms with Crippen LogP contribution < -0.4 is 5.73 Å². The Bertz CT molecular complexity index is 998. The lowest BCUT2D eigenvalue weighted by Crippen LogP contribution is -2.04. The maximum atomic E-state index is 5.81. The first kappa shape index (κ1) is 14.0. The molecule has 2 heterocycles. The quantitative estimate of drug-likeness (QED) is 0.622. The number of nitrogens with zero attached hydrogens (tertiary/aromatic N) is 2. The molecule has 0 spiro atoms. The third-order valence-corrected chi connectivity index (χ3v) is 4.32. The molecular weight excluding hydrogens is 282 g/mol. The molecule has 23 heavy (non-hydrogen) atoms. The summed E-state index contributed by atoms with van der Waals surface area (Å²) in [5, 5.41) is 2.49. The van der Waals surface area contributed by atoms with Crippen LogP contribution in [-0.2, 0) is 6.42 Å². The molecule has 0 aliphatic carbocycles. The van der Waals surface area contributed by atoms with Crippen molar-refractivity contribution in [3.63, 3.8) is 0 Å². The van der Waals surface area contributed by atoms with Gasteiger partial charge in [-0.3, -0.25) is 4.40 Å². The lowest BCUT2D eigenvalue weighted by molar-refractivity contribution is 0.939. The van der Waals surface area contributed by atoms with E-state index < -0.39 is 0 Å². The number of aryl methyl sites for hydroxylation is 1. The minimum Gasteiger partial charge on any atom is -0.330 e. The fourth-order valence-electron chi connectivity index (χ4n) is 3.24. The van der Waals surface area contributed by atoms with E-state index in [2.05, 4.69) is 65.9 Å². The van der Waals surface area contributed by atoms with Crippen LogP contribution in [0.3, 0.4) is 0 Å². The van der Waals surface area contributed by atoms with Gasteiger partial charge in [0.1, 0.15) is 5.65 Å². The molecule has 0 amide bonds. The molecule has 0 unspecified atom stereocenters. The molecule has 4 rings (SSSR count). The Balaban J connectivity index is 2.03. The summed E-state index contributed by atoms with van der Waals surface area (Å²) in [5.41, 5.74) is 11.4. The molecule has 2 aromatic carbocycles. The maximum Gasteiger partial charge on any atom is 0.137 e. The highest BCUT2D eigenvalue weighted by molar-refractivity contribution is 5.87. The highest BCUT2D eigenvalue weighted by Crippen LogP contribution is 2.29. The zero-order valence-electron chi connectivity index (χ0n) is 13.2. The number of hydrogen-bond donors (Lipinski definition) is 1. The van der Waals surface area contributed by atoms with Crippen molar-refractivity contribution < 1.29 is 0 Å². The Kier molecular flexibility index (Phi) is 3.36. The molecule has 0 atom stereocenters. The van der Waals surface area contributed by atoms with Gasteiger partial charge in [-0.2, -0.15) is 0 Å². The molecule has 2 N–H and O–H groups in total. The average Bonchev–Trinajstić information content (AvgIpc) is 2.94. The Morgan fingerprint density at radius 2 is 1.78 bits per heavy atom. The van der Waals surface area contributed by atoms with Gasteiger partial charge < -0.3 is 5.73 Å². The van der Waals surface area contributed by atoms with Crippen LogP contribution in [-0.4, -0.2) is 15.9 Å². The molecule has 0 aliphatic rings. The van der Waals surface area contributed by atoms with Crippen LogP contribution in [0.5, 0.6) is 0 Å². The standard InChI is InChI=1S/C20H19N3/c1-14-5-4-8-19-22-18(11-12-21)20(23(14)19)17-10-9-15-6-2-3-7-16(15)13-17/h2-10,13H,11-12,21H2,1H3. The Labute approximate surface area is 135 Å². The van der Waals surface area contributed by atoms with Crippen molar-refractivity contribution in [1.82, 2.24) is 9.38 Å². The van der Waals surface area contributed by atoms with Crippen LogP contribution in [0.25, 0.3) is 27.7 Å². The second-order valence-electron chi connectivity index (χ2n) is 5.87. The van der Waals surface area contributed by atoms with E-state index in [0.717, 1.165) is 23.5 Å². The molecule has 0 aliphatic heterocycles. The van der Waals surface area contributed by atoms with Crippen LogP contribution in [0.4, 0.5) is 0 Å². The van der Waals surface area contributed by atoms with Crippen LogP contribution in [0, 0.1) is 6.92 Å². The normalized spacial score (nSPS) is 11.4. The van der Waals surface area contributed by atoms with Gasteiger partial charge in [-0.05, 0) is 42.4 Å². The van der Waals surface area contributed by atoms with Crippen molar-refractivity contribution in [2.24, 2.45) is 5.73 Å². The first-order valence-corrected chi connectivity index (χ1v) is 7.94. The van der Waals surface area contributed by atoms with Crippen LogP contribution in [0.15, 0.2) is 60.7 Å². The number of nitrogens with two attached hydrogens (primary N) is 1. The smallest absolute Gasteiger partial charge is 0.137 e. The second kappa shape index (κ2) is 5.52. The second-order valence-corrected chi connectivity index (χ2v) is 5.87. The molecular formula is C20H19N3. The van der Waals surface area contributed by atoms with Gasteiger partial charge in [0, 0.05) is 17.7 Å². The maximum absolute atomic E-state index is 5.81. The monoisotopic (exact) mass is 301 g/mol. The van der Waals surface area contributed by atoms with Crippen molar-refractivity contribution >= 4 is 16.4 Å². The van der Waals surface area contributed by atoms with Gasteiger partial charge in [0.2, 0.25) is 0 Å². The Morgan fingerprint density at radius 3 is 2.61 bits per heavy atom. The summed E-state index contributed by atoms with van der Waals surface area (Å²) in [7, 11) is 0. The van der Waals surface area contributed by atoms with E-state index in [1.807, 2.05) is 6.07 Å². The Morgan fingerprint density at radius 1 is 0.957 bits per heavy atom. The van der Waals surface area contributed by atoms with Gasteiger partial charge in [-0.1, -0.05) is 42.5 Å². The summed E-state index contributed by atoms with van der Waals surface area (Å²) in [6, 6.07) is 21.2. The summed E-state index contributed by atoms with van der Waals surface area (Å²) in [4.78, 5) is 4.80. The van der Waals surface area contributed by atoms with E-state index >= 15 is 0 Å². The molecule has 0 saturated heterocycles. The minimum atomic E-state index is 0.601. The third-order valence-electron chi connectivity index (χ3n) is 4.32. The van der Waals surface area contributed by atoms with E-state index in [4.69, 9.17) is 10.7 Å². The summed E-state index contributed by atoms with van der Waals surface area (Å²) >= 11 is 0. The van der Waals surface area contributed by atoms with Gasteiger partial charge in [0.05, 0.1) is 11.4 Å². The zero-order valence-corrected chi connectivity index (χ0v) is 13.2. The summed E-state index contributed by atoms with van der Waals surface area (Å²) < 4.78 is 2.23. The highest BCUT2D eigenvalue weighted by Gasteiger charge is 2.15. The lowest BCUT2D eigenvalue weighted by Gasteiger charge is -2.09. The van der Waals surface area contributed by atoms with Crippen molar-refractivity contribution in [2.45, 2.75) is 13.3 Å². The van der Waals surface area contributed by atoms with Crippen LogP contribution in [0.1, 0.15) is 11.4 Å². The Hall–Kier alpha value is -2.65. The summed E-state index contributed by atoms with van der Waals surface area (Å²) in [5.74, 6) is 0. The van der Waals surface area contributed by atoms with E-state index in [0.29, 0.717) is 6.54 Å². The summed E-state index contributed by atoms with van der Waals surface area (Å²) in [6.07, 6.45) is 0.781. The molecule has 3 heteroatoms.